The molecule has 1 unspecified atom stereocenters. The molecule has 1 saturated heterocycles. The highest BCUT2D eigenvalue weighted by Gasteiger charge is 2.41. The number of hydrogen-bond donors (Lipinski definition) is 0. The van der Waals surface area contributed by atoms with Crippen LogP contribution in [0.3, 0.4) is 0 Å². The molecule has 1 aliphatic rings. The van der Waals surface area contributed by atoms with Gasteiger partial charge in [0.2, 0.25) is 15.9 Å². The molecule has 1 heterocycles. The lowest BCUT2D eigenvalue weighted by Gasteiger charge is -2.18. The van der Waals surface area contributed by atoms with Crippen molar-refractivity contribution in [2.45, 2.75) is 26.7 Å². The van der Waals surface area contributed by atoms with Gasteiger partial charge >= 0.3 is 0 Å². The van der Waals surface area contributed by atoms with Crippen LogP contribution in [0, 0.1) is 5.92 Å². The quantitative estimate of drug-likeness (QED) is 0.821. The van der Waals surface area contributed by atoms with Crippen LogP contribution >= 0.6 is 0 Å². The fourth-order valence-electron chi connectivity index (χ4n) is 2.54. The minimum atomic E-state index is -3.61. The van der Waals surface area contributed by atoms with Gasteiger partial charge in [0.1, 0.15) is 0 Å². The Labute approximate surface area is 137 Å². The lowest BCUT2D eigenvalue weighted by molar-refractivity contribution is -0.119. The molecule has 0 radical (unpaired) electrons. The predicted molar refractivity (Wildman–Crippen MR) is 88.7 cm³/mol. The maximum Gasteiger partial charge on any atom is 0.253 e. The van der Waals surface area contributed by atoms with E-state index in [9.17, 15) is 18.0 Å². The van der Waals surface area contributed by atoms with E-state index in [0.29, 0.717) is 12.1 Å². The third-order valence-corrected chi connectivity index (χ3v) is 5.77. The van der Waals surface area contributed by atoms with Crippen molar-refractivity contribution in [1.82, 2.24) is 4.90 Å². The molecule has 126 valence electrons. The standard InChI is InChI=1S/C16H22N2O4S/c1-4-5-10-17(3)16(20)13-6-8-14(9-7-13)18-15(19)12(2)11-23(18,21)22/h6-9,12H,4-5,10-11H2,1-3H3. The molecule has 0 aromatic heterocycles. The minimum Gasteiger partial charge on any atom is -0.342 e. The Morgan fingerprint density at radius 2 is 1.91 bits per heavy atom. The second kappa shape index (κ2) is 6.70. The van der Waals surface area contributed by atoms with Crippen LogP contribution in [-0.2, 0) is 14.8 Å². The summed E-state index contributed by atoms with van der Waals surface area (Å²) >= 11 is 0. The van der Waals surface area contributed by atoms with Crippen molar-refractivity contribution in [1.29, 1.82) is 0 Å². The van der Waals surface area contributed by atoms with Gasteiger partial charge in [-0.1, -0.05) is 20.3 Å². The summed E-state index contributed by atoms with van der Waals surface area (Å²) < 4.78 is 25.0. The molecule has 0 N–H and O–H groups in total. The molecule has 1 aromatic rings. The average Bonchev–Trinajstić information content (AvgIpc) is 2.72. The Bertz CT molecular complexity index is 697. The molecule has 1 fully saturated rings. The van der Waals surface area contributed by atoms with Crippen molar-refractivity contribution >= 4 is 27.5 Å². The van der Waals surface area contributed by atoms with Crippen LogP contribution in [0.15, 0.2) is 24.3 Å². The van der Waals surface area contributed by atoms with Crippen molar-refractivity contribution in [3.05, 3.63) is 29.8 Å². The number of carbonyl (C=O) groups excluding carboxylic acids is 2. The van der Waals surface area contributed by atoms with E-state index in [4.69, 9.17) is 0 Å². The van der Waals surface area contributed by atoms with Gasteiger partial charge in [0.15, 0.2) is 0 Å². The molecule has 6 nitrogen and oxygen atoms in total. The normalized spacial score (nSPS) is 19.9. The summed E-state index contributed by atoms with van der Waals surface area (Å²) in [5, 5.41) is 0. The largest absolute Gasteiger partial charge is 0.342 e. The van der Waals surface area contributed by atoms with E-state index in [1.807, 2.05) is 0 Å². The molecule has 0 saturated carbocycles. The first-order valence-electron chi connectivity index (χ1n) is 7.70. The molecule has 2 amide bonds. The summed E-state index contributed by atoms with van der Waals surface area (Å²) in [6.07, 6.45) is 1.93. The number of rotatable bonds is 5. The van der Waals surface area contributed by atoms with E-state index in [2.05, 4.69) is 6.92 Å². The van der Waals surface area contributed by atoms with Crippen molar-refractivity contribution in [2.75, 3.05) is 23.7 Å². The minimum absolute atomic E-state index is 0.117. The van der Waals surface area contributed by atoms with E-state index in [1.165, 1.54) is 12.1 Å². The number of benzene rings is 1. The highest BCUT2D eigenvalue weighted by molar-refractivity contribution is 7.94. The van der Waals surface area contributed by atoms with Gasteiger partial charge in [-0.2, -0.15) is 0 Å². The Morgan fingerprint density at radius 3 is 2.39 bits per heavy atom. The smallest absolute Gasteiger partial charge is 0.253 e. The van der Waals surface area contributed by atoms with Crippen LogP contribution in [0.5, 0.6) is 0 Å². The third-order valence-electron chi connectivity index (χ3n) is 3.90. The van der Waals surface area contributed by atoms with Crippen molar-refractivity contribution in [3.8, 4) is 0 Å². The third kappa shape index (κ3) is 3.55. The summed E-state index contributed by atoms with van der Waals surface area (Å²) in [4.78, 5) is 25.9. The molecule has 1 atom stereocenters. The van der Waals surface area contributed by atoms with Crippen molar-refractivity contribution in [2.24, 2.45) is 5.92 Å². The van der Waals surface area contributed by atoms with Crippen LogP contribution in [0.25, 0.3) is 0 Å². The SMILES string of the molecule is CCCCN(C)C(=O)c1ccc(N2C(=O)C(C)CS2(=O)=O)cc1. The number of nitrogens with zero attached hydrogens (tertiary/aromatic N) is 2. The molecule has 0 aliphatic carbocycles. The predicted octanol–water partition coefficient (Wildman–Crippen LogP) is 1.87. The molecule has 2 rings (SSSR count). The Morgan fingerprint density at radius 1 is 1.30 bits per heavy atom. The molecular formula is C16H22N2O4S. The topological polar surface area (TPSA) is 74.8 Å². The summed E-state index contributed by atoms with van der Waals surface area (Å²) in [6, 6.07) is 6.14. The second-order valence-electron chi connectivity index (χ2n) is 5.91. The summed E-state index contributed by atoms with van der Waals surface area (Å²) in [7, 11) is -1.87. The van der Waals surface area contributed by atoms with Gasteiger partial charge in [0, 0.05) is 19.2 Å². The van der Waals surface area contributed by atoms with Gasteiger partial charge < -0.3 is 4.90 Å². The van der Waals surface area contributed by atoms with E-state index in [0.717, 1.165) is 17.1 Å². The summed E-state index contributed by atoms with van der Waals surface area (Å²) in [5.41, 5.74) is 0.761. The first-order valence-corrected chi connectivity index (χ1v) is 9.31. The molecular weight excluding hydrogens is 316 g/mol. The molecule has 0 bridgehead atoms. The van der Waals surface area contributed by atoms with E-state index < -0.39 is 21.8 Å². The number of carbonyl (C=O) groups is 2. The van der Waals surface area contributed by atoms with Crippen LogP contribution in [-0.4, -0.2) is 44.5 Å². The lowest BCUT2D eigenvalue weighted by atomic mass is 10.1. The Kier molecular flexibility index (Phi) is 5.09. The highest BCUT2D eigenvalue weighted by Crippen LogP contribution is 2.28. The molecule has 0 spiro atoms. The number of anilines is 1. The Hall–Kier alpha value is -1.89. The monoisotopic (exact) mass is 338 g/mol. The second-order valence-corrected chi connectivity index (χ2v) is 7.77. The zero-order chi connectivity index (χ0) is 17.2. The zero-order valence-corrected chi connectivity index (χ0v) is 14.5. The lowest BCUT2D eigenvalue weighted by Crippen LogP contribution is -2.30. The van der Waals surface area contributed by atoms with Crippen LogP contribution in [0.1, 0.15) is 37.0 Å². The maximum atomic E-state index is 12.3. The first kappa shape index (κ1) is 17.5. The molecule has 7 heteroatoms. The van der Waals surface area contributed by atoms with Crippen molar-refractivity contribution in [3.63, 3.8) is 0 Å². The fraction of sp³-hybridized carbons (Fsp3) is 0.500. The molecule has 1 aliphatic heterocycles. The van der Waals surface area contributed by atoms with Crippen LogP contribution in [0.4, 0.5) is 5.69 Å². The molecule has 1 aromatic carbocycles. The van der Waals surface area contributed by atoms with Gasteiger partial charge in [-0.05, 0) is 30.7 Å². The zero-order valence-electron chi connectivity index (χ0n) is 13.7. The number of unbranched alkanes of at least 4 members (excludes halogenated alkanes) is 1. The molecule has 23 heavy (non-hydrogen) atoms. The van der Waals surface area contributed by atoms with E-state index in [1.54, 1.807) is 31.0 Å². The van der Waals surface area contributed by atoms with Gasteiger partial charge in [-0.15, -0.1) is 0 Å². The summed E-state index contributed by atoms with van der Waals surface area (Å²) in [6.45, 7) is 4.33. The summed E-state index contributed by atoms with van der Waals surface area (Å²) in [5.74, 6) is -1.26. The van der Waals surface area contributed by atoms with Crippen LogP contribution < -0.4 is 4.31 Å². The maximum absolute atomic E-state index is 12.3. The van der Waals surface area contributed by atoms with E-state index in [-0.39, 0.29) is 17.3 Å². The van der Waals surface area contributed by atoms with Crippen LogP contribution in [0.2, 0.25) is 0 Å². The van der Waals surface area contributed by atoms with Gasteiger partial charge in [0.05, 0.1) is 17.4 Å². The Balaban J connectivity index is 2.20. The van der Waals surface area contributed by atoms with E-state index >= 15 is 0 Å². The average molecular weight is 338 g/mol. The number of hydrogen-bond acceptors (Lipinski definition) is 4. The van der Waals surface area contributed by atoms with Crippen molar-refractivity contribution < 1.29 is 18.0 Å². The van der Waals surface area contributed by atoms with Gasteiger partial charge in [-0.25, -0.2) is 12.7 Å². The fourth-order valence-corrected chi connectivity index (χ4v) is 4.36. The number of amides is 2. The number of sulfonamides is 1. The first-order chi connectivity index (χ1) is 10.8. The van der Waals surface area contributed by atoms with Gasteiger partial charge in [-0.3, -0.25) is 9.59 Å². The highest BCUT2D eigenvalue weighted by atomic mass is 32.2. The van der Waals surface area contributed by atoms with Gasteiger partial charge in [0.25, 0.3) is 5.91 Å².